The SMILES string of the molecule is COc1cc(OC)c(-c2ccc(CF)c(F)c2)c(OC)c1.FOc1ccc(F)c(F)c1. The van der Waals surface area contributed by atoms with Gasteiger partial charge in [0.1, 0.15) is 29.7 Å². The molecule has 4 nitrogen and oxygen atoms in total. The highest BCUT2D eigenvalue weighted by Gasteiger charge is 2.16. The largest absolute Gasteiger partial charge is 0.496 e. The van der Waals surface area contributed by atoms with Crippen molar-refractivity contribution >= 4 is 0 Å². The molecular formula is C22H19F5O4. The number of alkyl halides is 1. The minimum absolute atomic E-state index is 0.0187. The van der Waals surface area contributed by atoms with E-state index in [1.54, 1.807) is 18.2 Å². The first-order valence-corrected chi connectivity index (χ1v) is 8.76. The van der Waals surface area contributed by atoms with Gasteiger partial charge in [-0.25, -0.2) is 17.6 Å². The molecule has 0 aliphatic carbocycles. The van der Waals surface area contributed by atoms with Crippen LogP contribution < -0.4 is 19.2 Å². The van der Waals surface area contributed by atoms with E-state index < -0.39 is 24.1 Å². The first kappa shape index (κ1) is 23.8. The molecule has 166 valence electrons. The lowest BCUT2D eigenvalue weighted by Gasteiger charge is -2.15. The molecule has 0 aliphatic rings. The Bertz CT molecular complexity index is 1000. The van der Waals surface area contributed by atoms with Gasteiger partial charge in [0.2, 0.25) is 0 Å². The number of ether oxygens (including phenoxy) is 3. The van der Waals surface area contributed by atoms with E-state index in [1.165, 1.54) is 33.5 Å². The molecule has 0 saturated heterocycles. The third-order valence-corrected chi connectivity index (χ3v) is 4.18. The van der Waals surface area contributed by atoms with Crippen LogP contribution in [0.2, 0.25) is 0 Å². The van der Waals surface area contributed by atoms with Crippen LogP contribution >= 0.6 is 0 Å². The Balaban J connectivity index is 0.000000285. The number of benzene rings is 3. The van der Waals surface area contributed by atoms with E-state index in [2.05, 4.69) is 4.94 Å². The molecule has 0 radical (unpaired) electrons. The van der Waals surface area contributed by atoms with E-state index in [0.717, 1.165) is 12.1 Å². The molecule has 3 aromatic carbocycles. The molecule has 3 aromatic rings. The maximum absolute atomic E-state index is 13.8. The zero-order valence-corrected chi connectivity index (χ0v) is 16.8. The van der Waals surface area contributed by atoms with Gasteiger partial charge >= 0.3 is 0 Å². The third kappa shape index (κ3) is 5.78. The average molecular weight is 442 g/mol. The van der Waals surface area contributed by atoms with Crippen LogP contribution in [-0.2, 0) is 6.67 Å². The van der Waals surface area contributed by atoms with Gasteiger partial charge in [0.25, 0.3) is 0 Å². The smallest absolute Gasteiger partial charge is 0.175 e. The van der Waals surface area contributed by atoms with Crippen LogP contribution in [-0.4, -0.2) is 21.3 Å². The summed E-state index contributed by atoms with van der Waals surface area (Å²) in [5.41, 5.74) is 1.15. The maximum atomic E-state index is 13.8. The second kappa shape index (κ2) is 11.1. The zero-order valence-electron chi connectivity index (χ0n) is 16.8. The molecular weight excluding hydrogens is 423 g/mol. The normalized spacial score (nSPS) is 10.1. The van der Waals surface area contributed by atoms with Gasteiger partial charge in [-0.15, -0.1) is 0 Å². The van der Waals surface area contributed by atoms with Crippen LogP contribution in [0.25, 0.3) is 11.1 Å². The van der Waals surface area contributed by atoms with Crippen molar-refractivity contribution < 1.29 is 41.2 Å². The average Bonchev–Trinajstić information content (AvgIpc) is 2.80. The molecule has 0 amide bonds. The minimum atomic E-state index is -1.13. The summed E-state index contributed by atoms with van der Waals surface area (Å²) in [6.45, 7) is -0.844. The number of rotatable bonds is 6. The van der Waals surface area contributed by atoms with Gasteiger partial charge in [0.05, 0.1) is 26.9 Å². The van der Waals surface area contributed by atoms with Crippen molar-refractivity contribution in [3.63, 3.8) is 0 Å². The summed E-state index contributed by atoms with van der Waals surface area (Å²) in [4.78, 5) is 3.14. The second-order valence-corrected chi connectivity index (χ2v) is 6.00. The Morgan fingerprint density at radius 1 is 0.677 bits per heavy atom. The van der Waals surface area contributed by atoms with Gasteiger partial charge < -0.3 is 14.2 Å². The summed E-state index contributed by atoms with van der Waals surface area (Å²) < 4.78 is 77.7. The molecule has 3 rings (SSSR count). The van der Waals surface area contributed by atoms with E-state index in [1.807, 2.05) is 0 Å². The molecule has 0 N–H and O–H groups in total. The van der Waals surface area contributed by atoms with Crippen molar-refractivity contribution in [2.75, 3.05) is 21.3 Å². The quantitative estimate of drug-likeness (QED) is 0.425. The molecule has 0 spiro atoms. The van der Waals surface area contributed by atoms with Crippen molar-refractivity contribution in [1.29, 1.82) is 0 Å². The van der Waals surface area contributed by atoms with Gasteiger partial charge in [-0.3, -0.25) is 4.94 Å². The molecule has 0 fully saturated rings. The third-order valence-electron chi connectivity index (χ3n) is 4.18. The Hall–Kier alpha value is -3.49. The van der Waals surface area contributed by atoms with Gasteiger partial charge in [0, 0.05) is 28.3 Å². The van der Waals surface area contributed by atoms with E-state index in [9.17, 15) is 22.1 Å². The predicted octanol–water partition coefficient (Wildman–Crippen LogP) is 6.22. The highest BCUT2D eigenvalue weighted by atomic mass is 19.3. The fraction of sp³-hybridized carbons (Fsp3) is 0.182. The molecule has 0 unspecified atom stereocenters. The summed E-state index contributed by atoms with van der Waals surface area (Å²) >= 11 is 0. The Labute approximate surface area is 175 Å². The van der Waals surface area contributed by atoms with E-state index in [-0.39, 0.29) is 11.3 Å². The summed E-state index contributed by atoms with van der Waals surface area (Å²) in [7, 11) is 4.54. The first-order valence-electron chi connectivity index (χ1n) is 8.76. The van der Waals surface area contributed by atoms with Gasteiger partial charge in [0.15, 0.2) is 17.4 Å². The fourth-order valence-corrected chi connectivity index (χ4v) is 2.63. The first-order chi connectivity index (χ1) is 14.9. The Kier molecular flexibility index (Phi) is 8.48. The van der Waals surface area contributed by atoms with Crippen LogP contribution in [0, 0.1) is 17.5 Å². The van der Waals surface area contributed by atoms with Gasteiger partial charge in [-0.1, -0.05) is 12.1 Å². The molecule has 9 heteroatoms. The molecule has 31 heavy (non-hydrogen) atoms. The highest BCUT2D eigenvalue weighted by molar-refractivity contribution is 5.78. The lowest BCUT2D eigenvalue weighted by atomic mass is 10.0. The van der Waals surface area contributed by atoms with Gasteiger partial charge in [-0.05, 0) is 23.8 Å². The van der Waals surface area contributed by atoms with Crippen LogP contribution in [0.3, 0.4) is 0 Å². The van der Waals surface area contributed by atoms with Crippen molar-refractivity contribution in [2.45, 2.75) is 6.67 Å². The highest BCUT2D eigenvalue weighted by Crippen LogP contribution is 2.42. The van der Waals surface area contributed by atoms with Crippen molar-refractivity contribution in [1.82, 2.24) is 0 Å². The molecule has 0 heterocycles. The fourth-order valence-electron chi connectivity index (χ4n) is 2.63. The van der Waals surface area contributed by atoms with Gasteiger partial charge in [-0.2, -0.15) is 0 Å². The lowest BCUT2D eigenvalue weighted by molar-refractivity contribution is -0.00667. The number of halogens is 5. The topological polar surface area (TPSA) is 36.9 Å². The Morgan fingerprint density at radius 3 is 1.77 bits per heavy atom. The molecule has 0 bridgehead atoms. The van der Waals surface area contributed by atoms with Crippen molar-refractivity contribution in [3.8, 4) is 34.1 Å². The summed E-state index contributed by atoms with van der Waals surface area (Å²) in [6, 6.07) is 10.1. The molecule has 0 atom stereocenters. The van der Waals surface area contributed by atoms with E-state index in [4.69, 9.17) is 14.2 Å². The van der Waals surface area contributed by atoms with E-state index in [0.29, 0.717) is 34.4 Å². The number of hydrogen-bond donors (Lipinski definition) is 0. The molecule has 0 saturated carbocycles. The minimum Gasteiger partial charge on any atom is -0.496 e. The van der Waals surface area contributed by atoms with Crippen molar-refractivity contribution in [3.05, 3.63) is 71.5 Å². The predicted molar refractivity (Wildman–Crippen MR) is 104 cm³/mol. The van der Waals surface area contributed by atoms with Crippen LogP contribution in [0.1, 0.15) is 5.56 Å². The summed E-state index contributed by atoms with van der Waals surface area (Å²) in [5, 5.41) is 0. The molecule has 0 aromatic heterocycles. The van der Waals surface area contributed by atoms with Crippen LogP contribution in [0.5, 0.6) is 23.0 Å². The Morgan fingerprint density at radius 2 is 1.32 bits per heavy atom. The zero-order chi connectivity index (χ0) is 23.0. The van der Waals surface area contributed by atoms with E-state index >= 15 is 0 Å². The number of hydrogen-bond acceptors (Lipinski definition) is 4. The maximum Gasteiger partial charge on any atom is 0.175 e. The van der Waals surface area contributed by atoms with Crippen LogP contribution in [0.4, 0.5) is 22.1 Å². The summed E-state index contributed by atoms with van der Waals surface area (Å²) in [5.74, 6) is -1.57. The summed E-state index contributed by atoms with van der Waals surface area (Å²) in [6.07, 6.45) is 0. The van der Waals surface area contributed by atoms with Crippen LogP contribution in [0.15, 0.2) is 48.5 Å². The standard InChI is InChI=1S/C16H16F2O3.C6H3F3O/c1-19-12-7-14(20-2)16(15(8-12)21-3)10-4-5-11(9-17)13(18)6-10;7-5-2-1-4(10-9)3-6(5)8/h4-8H,9H2,1-3H3;1-3H. The van der Waals surface area contributed by atoms with Crippen molar-refractivity contribution in [2.24, 2.45) is 0 Å². The lowest BCUT2D eigenvalue weighted by Crippen LogP contribution is -1.96. The second-order valence-electron chi connectivity index (χ2n) is 6.00. The monoisotopic (exact) mass is 442 g/mol. The molecule has 0 aliphatic heterocycles. The number of methoxy groups -OCH3 is 3.